The largest absolute Gasteiger partial charge is 0.477 e. The number of aryl methyl sites for hydroxylation is 1. The van der Waals surface area contributed by atoms with Gasteiger partial charge in [-0.1, -0.05) is 24.3 Å². The summed E-state index contributed by atoms with van der Waals surface area (Å²) in [6.45, 7) is 2.79. The van der Waals surface area contributed by atoms with Crippen molar-refractivity contribution in [2.75, 3.05) is 13.2 Å². The van der Waals surface area contributed by atoms with E-state index in [9.17, 15) is 9.90 Å². The first kappa shape index (κ1) is 16.5. The van der Waals surface area contributed by atoms with Gasteiger partial charge in [0.05, 0.1) is 18.3 Å². The predicted octanol–water partition coefficient (Wildman–Crippen LogP) is 2.64. The first-order valence-corrected chi connectivity index (χ1v) is 8.24. The highest BCUT2D eigenvalue weighted by Crippen LogP contribution is 2.29. The number of aromatic nitrogens is 1. The third kappa shape index (κ3) is 4.32. The van der Waals surface area contributed by atoms with Gasteiger partial charge in [0.25, 0.3) is 5.91 Å². The number of pyridine rings is 1. The van der Waals surface area contributed by atoms with Crippen molar-refractivity contribution in [3.8, 4) is 5.88 Å². The van der Waals surface area contributed by atoms with Crippen LogP contribution in [0.25, 0.3) is 0 Å². The zero-order valence-corrected chi connectivity index (χ0v) is 13.7. The highest BCUT2D eigenvalue weighted by atomic mass is 16.5. The molecule has 1 amide bonds. The molecule has 2 aromatic rings. The quantitative estimate of drug-likeness (QED) is 0.820. The molecule has 0 spiro atoms. The van der Waals surface area contributed by atoms with Gasteiger partial charge in [-0.05, 0) is 42.9 Å². The van der Waals surface area contributed by atoms with Crippen molar-refractivity contribution in [1.82, 2.24) is 10.3 Å². The number of hydrogen-bond donors (Lipinski definition) is 2. The molecule has 1 aliphatic rings. The molecule has 1 heterocycles. The van der Waals surface area contributed by atoms with Crippen LogP contribution >= 0.6 is 0 Å². The van der Waals surface area contributed by atoms with Crippen LogP contribution in [0, 0.1) is 12.8 Å². The molecule has 1 aliphatic carbocycles. The van der Waals surface area contributed by atoms with Crippen LogP contribution in [-0.2, 0) is 0 Å². The second-order valence-corrected chi connectivity index (χ2v) is 6.22. The molecule has 0 aliphatic heterocycles. The van der Waals surface area contributed by atoms with Crippen LogP contribution < -0.4 is 10.1 Å². The molecule has 5 heteroatoms. The maximum absolute atomic E-state index is 12.1. The summed E-state index contributed by atoms with van der Waals surface area (Å²) in [5.41, 5.74) is 2.27. The SMILES string of the molecule is Cc1ccccc1C(O)CNC(=O)c1ccc(OCC2CC2)nc1. The Balaban J connectivity index is 1.51. The number of carbonyl (C=O) groups excluding carboxylic acids is 1. The van der Waals surface area contributed by atoms with Gasteiger partial charge >= 0.3 is 0 Å². The molecular weight excluding hydrogens is 304 g/mol. The molecule has 2 N–H and O–H groups in total. The molecule has 1 unspecified atom stereocenters. The summed E-state index contributed by atoms with van der Waals surface area (Å²) in [6, 6.07) is 11.0. The van der Waals surface area contributed by atoms with E-state index in [1.807, 2.05) is 31.2 Å². The summed E-state index contributed by atoms with van der Waals surface area (Å²) in [4.78, 5) is 16.3. The van der Waals surface area contributed by atoms with Gasteiger partial charge in [0.1, 0.15) is 0 Å². The molecule has 126 valence electrons. The average Bonchev–Trinajstić information content (AvgIpc) is 3.43. The van der Waals surface area contributed by atoms with Crippen LogP contribution in [0.2, 0.25) is 0 Å². The molecule has 0 saturated heterocycles. The van der Waals surface area contributed by atoms with Crippen molar-refractivity contribution >= 4 is 5.91 Å². The van der Waals surface area contributed by atoms with Crippen molar-refractivity contribution in [1.29, 1.82) is 0 Å². The maximum Gasteiger partial charge on any atom is 0.252 e. The Morgan fingerprint density at radius 2 is 2.12 bits per heavy atom. The smallest absolute Gasteiger partial charge is 0.252 e. The Hall–Kier alpha value is -2.40. The zero-order valence-electron chi connectivity index (χ0n) is 13.7. The second kappa shape index (κ2) is 7.45. The van der Waals surface area contributed by atoms with Gasteiger partial charge < -0.3 is 15.2 Å². The van der Waals surface area contributed by atoms with E-state index in [1.165, 1.54) is 19.0 Å². The molecule has 1 fully saturated rings. The monoisotopic (exact) mass is 326 g/mol. The fourth-order valence-corrected chi connectivity index (χ4v) is 2.45. The molecule has 3 rings (SSSR count). The van der Waals surface area contributed by atoms with Crippen molar-refractivity contribution in [2.24, 2.45) is 5.92 Å². The van der Waals surface area contributed by atoms with Crippen LogP contribution in [0.3, 0.4) is 0 Å². The number of rotatable bonds is 7. The number of aliphatic hydroxyl groups excluding tert-OH is 1. The van der Waals surface area contributed by atoms with Gasteiger partial charge in [-0.15, -0.1) is 0 Å². The zero-order chi connectivity index (χ0) is 16.9. The van der Waals surface area contributed by atoms with E-state index in [0.717, 1.165) is 11.1 Å². The highest BCUT2D eigenvalue weighted by Gasteiger charge is 2.22. The Labute approximate surface area is 141 Å². The lowest BCUT2D eigenvalue weighted by Crippen LogP contribution is -2.28. The minimum absolute atomic E-state index is 0.156. The molecule has 5 nitrogen and oxygen atoms in total. The third-order valence-electron chi connectivity index (χ3n) is 4.17. The summed E-state index contributed by atoms with van der Waals surface area (Å²) in [5.74, 6) is 0.944. The number of benzene rings is 1. The molecule has 1 aromatic heterocycles. The van der Waals surface area contributed by atoms with Gasteiger partial charge in [-0.25, -0.2) is 4.98 Å². The molecule has 1 aromatic carbocycles. The summed E-state index contributed by atoms with van der Waals surface area (Å²) >= 11 is 0. The third-order valence-corrected chi connectivity index (χ3v) is 4.17. The van der Waals surface area contributed by atoms with E-state index >= 15 is 0 Å². The van der Waals surface area contributed by atoms with Crippen LogP contribution in [0.4, 0.5) is 0 Å². The maximum atomic E-state index is 12.1. The van der Waals surface area contributed by atoms with Gasteiger partial charge in [-0.3, -0.25) is 4.79 Å². The van der Waals surface area contributed by atoms with Crippen molar-refractivity contribution in [3.63, 3.8) is 0 Å². The van der Waals surface area contributed by atoms with Crippen LogP contribution in [0.5, 0.6) is 5.88 Å². The lowest BCUT2D eigenvalue weighted by Gasteiger charge is -2.14. The van der Waals surface area contributed by atoms with Crippen LogP contribution in [0.15, 0.2) is 42.6 Å². The van der Waals surface area contributed by atoms with Crippen molar-refractivity contribution in [2.45, 2.75) is 25.9 Å². The van der Waals surface area contributed by atoms with E-state index in [1.54, 1.807) is 12.1 Å². The second-order valence-electron chi connectivity index (χ2n) is 6.22. The standard InChI is InChI=1S/C19H22N2O3/c1-13-4-2-3-5-16(13)17(22)11-21-19(23)15-8-9-18(20-10-15)24-12-14-6-7-14/h2-5,8-10,14,17,22H,6-7,11-12H2,1H3,(H,21,23). The van der Waals surface area contributed by atoms with Gasteiger partial charge in [0.15, 0.2) is 0 Å². The summed E-state index contributed by atoms with van der Waals surface area (Å²) in [7, 11) is 0. The Morgan fingerprint density at radius 3 is 2.79 bits per heavy atom. The molecule has 1 atom stereocenters. The van der Waals surface area contributed by atoms with Gasteiger partial charge in [-0.2, -0.15) is 0 Å². The molecule has 24 heavy (non-hydrogen) atoms. The van der Waals surface area contributed by atoms with E-state index in [2.05, 4.69) is 10.3 Å². The van der Waals surface area contributed by atoms with E-state index in [-0.39, 0.29) is 12.5 Å². The van der Waals surface area contributed by atoms with Gasteiger partial charge in [0.2, 0.25) is 5.88 Å². The Kier molecular flexibility index (Phi) is 5.11. The fourth-order valence-electron chi connectivity index (χ4n) is 2.45. The fraction of sp³-hybridized carbons (Fsp3) is 0.368. The first-order valence-electron chi connectivity index (χ1n) is 8.24. The number of hydrogen-bond acceptors (Lipinski definition) is 4. The van der Waals surface area contributed by atoms with E-state index < -0.39 is 6.10 Å². The van der Waals surface area contributed by atoms with Crippen LogP contribution in [0.1, 0.15) is 40.4 Å². The number of nitrogens with one attached hydrogen (secondary N) is 1. The molecule has 1 saturated carbocycles. The lowest BCUT2D eigenvalue weighted by atomic mass is 10.0. The predicted molar refractivity (Wildman–Crippen MR) is 90.9 cm³/mol. The Morgan fingerprint density at radius 1 is 1.33 bits per heavy atom. The molecular formula is C19H22N2O3. The van der Waals surface area contributed by atoms with Crippen molar-refractivity contribution in [3.05, 3.63) is 59.3 Å². The number of carbonyl (C=O) groups is 1. The Bertz CT molecular complexity index is 696. The minimum atomic E-state index is -0.732. The van der Waals surface area contributed by atoms with E-state index in [4.69, 9.17) is 4.74 Å². The first-order chi connectivity index (χ1) is 11.6. The minimum Gasteiger partial charge on any atom is -0.477 e. The lowest BCUT2D eigenvalue weighted by molar-refractivity contribution is 0.0915. The number of amides is 1. The van der Waals surface area contributed by atoms with Gasteiger partial charge in [0, 0.05) is 18.8 Å². The summed E-state index contributed by atoms with van der Waals surface area (Å²) in [5, 5.41) is 13.0. The number of ether oxygens (including phenoxy) is 1. The highest BCUT2D eigenvalue weighted by molar-refractivity contribution is 5.93. The number of nitrogens with zero attached hydrogens (tertiary/aromatic N) is 1. The number of aliphatic hydroxyl groups is 1. The normalized spacial score (nSPS) is 14.9. The van der Waals surface area contributed by atoms with Crippen molar-refractivity contribution < 1.29 is 14.6 Å². The van der Waals surface area contributed by atoms with Crippen LogP contribution in [-0.4, -0.2) is 29.1 Å². The average molecular weight is 326 g/mol. The molecule has 0 radical (unpaired) electrons. The molecule has 0 bridgehead atoms. The van der Waals surface area contributed by atoms with E-state index in [0.29, 0.717) is 24.0 Å². The summed E-state index contributed by atoms with van der Waals surface area (Å²) in [6.07, 6.45) is 3.22. The summed E-state index contributed by atoms with van der Waals surface area (Å²) < 4.78 is 5.55. The topological polar surface area (TPSA) is 71.5 Å².